The zero-order valence-corrected chi connectivity index (χ0v) is 20.3. The van der Waals surface area contributed by atoms with Gasteiger partial charge in [-0.05, 0) is 16.7 Å². The average Bonchev–Trinajstić information content (AvgIpc) is 3.60. The minimum absolute atomic E-state index is 0.216. The molecule has 0 saturated carbocycles. The van der Waals surface area contributed by atoms with Crippen molar-refractivity contribution in [1.82, 2.24) is 9.97 Å². The van der Waals surface area contributed by atoms with Gasteiger partial charge >= 0.3 is 0 Å². The Hall–Kier alpha value is -3.59. The van der Waals surface area contributed by atoms with Gasteiger partial charge in [-0.3, -0.25) is 4.79 Å². The number of ketones is 1. The Kier molecular flexibility index (Phi) is 6.24. The van der Waals surface area contributed by atoms with Crippen molar-refractivity contribution in [2.45, 2.75) is 44.2 Å². The molecule has 2 saturated heterocycles. The summed E-state index contributed by atoms with van der Waals surface area (Å²) in [6.07, 6.45) is -0.762. The third-order valence-electron chi connectivity index (χ3n) is 7.03. The van der Waals surface area contributed by atoms with Crippen molar-refractivity contribution >= 4 is 16.8 Å². The van der Waals surface area contributed by atoms with E-state index >= 15 is 4.39 Å². The number of H-pyrrole nitrogens is 1. The van der Waals surface area contributed by atoms with E-state index in [1.165, 1.54) is 6.07 Å². The second-order valence-corrected chi connectivity index (χ2v) is 9.55. The highest BCUT2D eigenvalue weighted by Crippen LogP contribution is 2.32. The molecule has 0 aliphatic carbocycles. The van der Waals surface area contributed by atoms with Gasteiger partial charge < -0.3 is 24.3 Å². The van der Waals surface area contributed by atoms with Crippen LogP contribution in [-0.2, 0) is 20.7 Å². The molecule has 2 aliphatic rings. The molecule has 2 aromatic carbocycles. The highest BCUT2D eigenvalue weighted by Gasteiger charge is 2.48. The predicted octanol–water partition coefficient (Wildman–Crippen LogP) is 4.46. The molecule has 0 amide bonds. The van der Waals surface area contributed by atoms with Crippen LogP contribution in [0.15, 0.2) is 60.7 Å². The Balaban J connectivity index is 1.20. The minimum atomic E-state index is -0.651. The molecule has 2 N–H and O–H groups in total. The van der Waals surface area contributed by atoms with Crippen LogP contribution in [0.25, 0.3) is 33.4 Å². The maximum absolute atomic E-state index is 15.0. The quantitative estimate of drug-likeness (QED) is 0.388. The van der Waals surface area contributed by atoms with E-state index in [0.29, 0.717) is 41.9 Å². The largest absolute Gasteiger partial charge is 0.470 e. The average molecular weight is 503 g/mol. The Morgan fingerprint density at radius 2 is 1.70 bits per heavy atom. The van der Waals surface area contributed by atoms with Crippen LogP contribution in [0.2, 0.25) is 0 Å². The number of ether oxygens (including phenoxy) is 3. The summed E-state index contributed by atoms with van der Waals surface area (Å²) in [7, 11) is 0. The minimum Gasteiger partial charge on any atom is -0.470 e. The molecule has 0 unspecified atom stereocenters. The van der Waals surface area contributed by atoms with Gasteiger partial charge in [0, 0.05) is 30.5 Å². The standard InChI is InChI=1S/C29H27FN2O5/c1-2-20(33)11-16-3-5-17(6-4-16)18-7-9-19(10-8-18)27-21(30)12-22-23(32-27)13-26(31-22)37-25-15-36-28-24(34)14-35-29(25)28/h3-10,12-13,24-25,28-29,31,34H,2,11,14-15H2,1H3/t24-,25-,28-,29-/m1/s1. The first-order chi connectivity index (χ1) is 18.0. The Bertz CT molecular complexity index is 1430. The Morgan fingerprint density at radius 3 is 2.43 bits per heavy atom. The molecule has 4 atom stereocenters. The molecule has 37 heavy (non-hydrogen) atoms. The van der Waals surface area contributed by atoms with Crippen LogP contribution in [0.3, 0.4) is 0 Å². The van der Waals surface area contributed by atoms with Crippen LogP contribution >= 0.6 is 0 Å². The fourth-order valence-electron chi connectivity index (χ4n) is 4.97. The van der Waals surface area contributed by atoms with Gasteiger partial charge in [-0.1, -0.05) is 55.5 Å². The number of pyridine rings is 1. The number of benzene rings is 2. The summed E-state index contributed by atoms with van der Waals surface area (Å²) in [6, 6.07) is 18.6. The molecule has 8 heteroatoms. The molecule has 0 radical (unpaired) electrons. The summed E-state index contributed by atoms with van der Waals surface area (Å²) < 4.78 is 32.2. The second kappa shape index (κ2) is 9.70. The van der Waals surface area contributed by atoms with Crippen molar-refractivity contribution in [2.75, 3.05) is 13.2 Å². The molecule has 4 heterocycles. The lowest BCUT2D eigenvalue weighted by Crippen LogP contribution is -2.34. The third kappa shape index (κ3) is 4.64. The van der Waals surface area contributed by atoms with Crippen molar-refractivity contribution < 1.29 is 28.5 Å². The maximum atomic E-state index is 15.0. The maximum Gasteiger partial charge on any atom is 0.193 e. The number of aliphatic hydroxyl groups is 1. The number of rotatable bonds is 7. The van der Waals surface area contributed by atoms with E-state index in [-0.39, 0.29) is 36.4 Å². The number of nitrogens with one attached hydrogen (secondary N) is 1. The van der Waals surface area contributed by atoms with Crippen LogP contribution in [0.1, 0.15) is 18.9 Å². The summed E-state index contributed by atoms with van der Waals surface area (Å²) >= 11 is 0. The van der Waals surface area contributed by atoms with Crippen molar-refractivity contribution in [3.63, 3.8) is 0 Å². The lowest BCUT2D eigenvalue weighted by molar-refractivity contribution is -0.118. The van der Waals surface area contributed by atoms with E-state index < -0.39 is 11.9 Å². The second-order valence-electron chi connectivity index (χ2n) is 9.55. The number of Topliss-reactive ketones (excluding diaryl/α,β-unsaturated/α-hetero) is 1. The van der Waals surface area contributed by atoms with Crippen LogP contribution in [0, 0.1) is 5.82 Å². The van der Waals surface area contributed by atoms with Gasteiger partial charge in [-0.15, -0.1) is 0 Å². The van der Waals surface area contributed by atoms with Crippen LogP contribution in [0.4, 0.5) is 4.39 Å². The molecular formula is C29H27FN2O5. The molecule has 7 nitrogen and oxygen atoms in total. The van der Waals surface area contributed by atoms with Crippen molar-refractivity contribution in [1.29, 1.82) is 0 Å². The van der Waals surface area contributed by atoms with Gasteiger partial charge in [0.1, 0.15) is 29.8 Å². The third-order valence-corrected chi connectivity index (χ3v) is 7.03. The Morgan fingerprint density at radius 1 is 1.03 bits per heavy atom. The molecule has 2 aliphatic heterocycles. The molecular weight excluding hydrogens is 475 g/mol. The highest BCUT2D eigenvalue weighted by molar-refractivity contribution is 5.82. The number of aliphatic hydroxyl groups excluding tert-OH is 1. The molecule has 2 aromatic heterocycles. The Labute approximate surface area is 213 Å². The number of aromatic amines is 1. The van der Waals surface area contributed by atoms with E-state index in [1.807, 2.05) is 55.5 Å². The van der Waals surface area contributed by atoms with Gasteiger partial charge in [0.2, 0.25) is 0 Å². The SMILES string of the molecule is CCC(=O)Cc1ccc(-c2ccc(-c3nc4cc(O[C@@H]5CO[C@H]6[C@@H]5OC[C@H]6O)[nH]c4cc3F)cc2)cc1. The van der Waals surface area contributed by atoms with Gasteiger partial charge in [0.25, 0.3) is 0 Å². The first-order valence-electron chi connectivity index (χ1n) is 12.5. The van der Waals surface area contributed by atoms with E-state index in [1.54, 1.807) is 6.07 Å². The van der Waals surface area contributed by atoms with Gasteiger partial charge in [-0.25, -0.2) is 9.37 Å². The summed E-state index contributed by atoms with van der Waals surface area (Å²) in [5.74, 6) is 0.219. The van der Waals surface area contributed by atoms with Crippen molar-refractivity contribution in [2.24, 2.45) is 0 Å². The lowest BCUT2D eigenvalue weighted by atomic mass is 9.99. The van der Waals surface area contributed by atoms with Gasteiger partial charge in [0.15, 0.2) is 17.8 Å². The highest BCUT2D eigenvalue weighted by atomic mass is 19.1. The van der Waals surface area contributed by atoms with E-state index in [0.717, 1.165) is 16.7 Å². The number of hydrogen-bond acceptors (Lipinski definition) is 6. The first-order valence-corrected chi connectivity index (χ1v) is 12.5. The topological polar surface area (TPSA) is 93.7 Å². The fourth-order valence-corrected chi connectivity index (χ4v) is 4.97. The lowest BCUT2D eigenvalue weighted by Gasteiger charge is -2.16. The van der Waals surface area contributed by atoms with Crippen LogP contribution in [0.5, 0.6) is 5.88 Å². The zero-order chi connectivity index (χ0) is 25.5. The molecule has 4 aromatic rings. The van der Waals surface area contributed by atoms with E-state index in [4.69, 9.17) is 14.2 Å². The summed E-state index contributed by atoms with van der Waals surface area (Å²) in [5, 5.41) is 9.92. The molecule has 190 valence electrons. The van der Waals surface area contributed by atoms with E-state index in [2.05, 4.69) is 9.97 Å². The fraction of sp³-hybridized carbons (Fsp3) is 0.310. The molecule has 0 bridgehead atoms. The monoisotopic (exact) mass is 502 g/mol. The number of halogens is 1. The molecule has 2 fully saturated rings. The summed E-state index contributed by atoms with van der Waals surface area (Å²) in [5.41, 5.74) is 5.03. The number of aromatic nitrogens is 2. The summed E-state index contributed by atoms with van der Waals surface area (Å²) in [6.45, 7) is 2.40. The zero-order valence-electron chi connectivity index (χ0n) is 20.3. The van der Waals surface area contributed by atoms with Gasteiger partial charge in [-0.2, -0.15) is 0 Å². The van der Waals surface area contributed by atoms with Gasteiger partial charge in [0.05, 0.1) is 24.2 Å². The molecule has 0 spiro atoms. The van der Waals surface area contributed by atoms with Crippen LogP contribution < -0.4 is 4.74 Å². The number of fused-ring (bicyclic) bond motifs is 2. The molecule has 6 rings (SSSR count). The normalized spacial score (nSPS) is 22.9. The van der Waals surface area contributed by atoms with E-state index in [9.17, 15) is 9.90 Å². The number of nitrogens with zero attached hydrogens (tertiary/aromatic N) is 1. The first kappa shape index (κ1) is 23.8. The van der Waals surface area contributed by atoms with Crippen molar-refractivity contribution in [3.8, 4) is 28.3 Å². The number of carbonyl (C=O) groups is 1. The number of hydrogen-bond donors (Lipinski definition) is 2. The predicted molar refractivity (Wildman–Crippen MR) is 136 cm³/mol. The summed E-state index contributed by atoms with van der Waals surface area (Å²) in [4.78, 5) is 19.3. The smallest absolute Gasteiger partial charge is 0.193 e. The number of carbonyl (C=O) groups excluding carboxylic acids is 1. The van der Waals surface area contributed by atoms with Crippen LogP contribution in [-0.4, -0.2) is 58.5 Å². The van der Waals surface area contributed by atoms with Crippen molar-refractivity contribution in [3.05, 3.63) is 72.0 Å².